The third-order valence-corrected chi connectivity index (χ3v) is 0. The van der Waals surface area contributed by atoms with Crippen LogP contribution >= 0.6 is 12.4 Å². The zero-order valence-corrected chi connectivity index (χ0v) is 7.28. The quantitative estimate of drug-likeness (QED) is 0.276. The van der Waals surface area contributed by atoms with Gasteiger partial charge in [-0.15, -0.1) is 12.4 Å². The Labute approximate surface area is 53.6 Å². The van der Waals surface area contributed by atoms with Gasteiger partial charge in [-0.25, -0.2) is 0 Å². The van der Waals surface area contributed by atoms with Crippen LogP contribution in [0.15, 0.2) is 0 Å². The fourth-order valence-corrected chi connectivity index (χ4v) is 0. The van der Waals surface area contributed by atoms with Crippen molar-refractivity contribution in [2.45, 2.75) is 0 Å². The second-order valence-electron chi connectivity index (χ2n) is 1.58. The van der Waals surface area contributed by atoms with Gasteiger partial charge in [0, 0.05) is 0 Å². The van der Waals surface area contributed by atoms with E-state index in [1.54, 1.807) is 0 Å². The Morgan fingerprint density at radius 1 is 0.625 bits per heavy atom. The molecule has 0 heterocycles. The van der Waals surface area contributed by atoms with Gasteiger partial charge >= 0.3 is 40.8 Å². The van der Waals surface area contributed by atoms with Crippen molar-refractivity contribution in [3.63, 3.8) is 0 Å². The average molecular weight is 328 g/mol. The number of halogens is 1. The maximum absolute atomic E-state index is 5.12. The third kappa shape index (κ3) is 407. The van der Waals surface area contributed by atoms with E-state index in [4.69, 9.17) is 25.8 Å². The van der Waals surface area contributed by atoms with E-state index in [2.05, 4.69) is 0 Å². The minimum atomic E-state index is -5.12. The molecule has 0 unspecified atom stereocenters. The molecule has 6 nitrogen and oxygen atoms in total. The molecule has 0 bridgehead atoms. The van der Waals surface area contributed by atoms with Gasteiger partial charge in [-0.3, -0.25) is 0 Å². The molecule has 0 aliphatic heterocycles. The topological polar surface area (TPSA) is 156 Å². The van der Waals surface area contributed by atoms with Gasteiger partial charge in [0.1, 0.15) is 0 Å². The third-order valence-electron chi connectivity index (χ3n) is 0. The Morgan fingerprint density at radius 2 is 0.625 bits per heavy atom. The SMILES string of the molecule is Cl.[NH2][Pt]([NH2])([NH2])([NH2])([NH2])[NH2]. The molecule has 0 atom stereocenters. The summed E-state index contributed by atoms with van der Waals surface area (Å²) in [5.41, 5.74) is 0. The molecule has 0 aliphatic rings. The summed E-state index contributed by atoms with van der Waals surface area (Å²) in [6, 6.07) is 0. The first-order chi connectivity index (χ1) is 2.45. The van der Waals surface area contributed by atoms with Gasteiger partial charge in [-0.2, -0.15) is 0 Å². The zero-order chi connectivity index (χ0) is 6.41. The van der Waals surface area contributed by atoms with Crippen LogP contribution in [-0.4, -0.2) is 0 Å². The summed E-state index contributed by atoms with van der Waals surface area (Å²) < 4.78 is 29.5. The van der Waals surface area contributed by atoms with Crippen LogP contribution in [0.25, 0.3) is 0 Å². The van der Waals surface area contributed by atoms with Crippen LogP contribution in [0.3, 0.4) is 0 Å². The Balaban J connectivity index is 0. The van der Waals surface area contributed by atoms with Crippen molar-refractivity contribution < 1.29 is 15.1 Å². The van der Waals surface area contributed by atoms with E-state index < -0.39 is 15.1 Å². The van der Waals surface area contributed by atoms with Crippen molar-refractivity contribution in [1.29, 1.82) is 0 Å². The molecule has 0 spiro atoms. The number of hydrogen-bond donors (Lipinski definition) is 6. The van der Waals surface area contributed by atoms with E-state index in [1.807, 2.05) is 0 Å². The van der Waals surface area contributed by atoms with Crippen LogP contribution < -0.4 is 25.8 Å². The van der Waals surface area contributed by atoms with Gasteiger partial charge < -0.3 is 0 Å². The summed E-state index contributed by atoms with van der Waals surface area (Å²) in [5, 5.41) is 0. The van der Waals surface area contributed by atoms with Crippen LogP contribution in [0.5, 0.6) is 0 Å². The van der Waals surface area contributed by atoms with E-state index in [0.717, 1.165) is 0 Å². The van der Waals surface area contributed by atoms with E-state index in [1.165, 1.54) is 0 Å². The molecule has 8 heavy (non-hydrogen) atoms. The van der Waals surface area contributed by atoms with Crippen molar-refractivity contribution >= 4 is 12.4 Å². The first-order valence-corrected chi connectivity index (χ1v) is 8.97. The van der Waals surface area contributed by atoms with Gasteiger partial charge in [-0.1, -0.05) is 0 Å². The van der Waals surface area contributed by atoms with Crippen LogP contribution in [0.2, 0.25) is 0 Å². The molecular weight excluding hydrogens is 315 g/mol. The van der Waals surface area contributed by atoms with Gasteiger partial charge in [0.05, 0.1) is 0 Å². The van der Waals surface area contributed by atoms with Crippen molar-refractivity contribution in [3.05, 3.63) is 0 Å². The minimum absolute atomic E-state index is 0. The summed E-state index contributed by atoms with van der Waals surface area (Å²) >= 11 is -5.12. The number of hydrogen-bond acceptors (Lipinski definition) is 6. The molecule has 0 radical (unpaired) electrons. The summed E-state index contributed by atoms with van der Waals surface area (Å²) in [5.74, 6) is 0. The first-order valence-electron chi connectivity index (χ1n) is 1.10. The molecule has 60 valence electrons. The van der Waals surface area contributed by atoms with Crippen molar-refractivity contribution in [3.8, 4) is 0 Å². The maximum atomic E-state index is 4.91. The summed E-state index contributed by atoms with van der Waals surface area (Å²) in [7, 11) is 0. The van der Waals surface area contributed by atoms with Gasteiger partial charge in [0.2, 0.25) is 0 Å². The van der Waals surface area contributed by atoms with E-state index in [9.17, 15) is 0 Å². The molecule has 0 aromatic rings. The van der Waals surface area contributed by atoms with Crippen LogP contribution in [0, 0.1) is 0 Å². The molecule has 0 fully saturated rings. The molecule has 0 amide bonds. The second kappa shape index (κ2) is 1.42. The van der Waals surface area contributed by atoms with Crippen molar-refractivity contribution in [2.24, 2.45) is 25.8 Å². The van der Waals surface area contributed by atoms with Crippen molar-refractivity contribution in [1.82, 2.24) is 0 Å². The Hall–Kier alpha value is 0.738. The molecule has 0 saturated carbocycles. The van der Waals surface area contributed by atoms with Crippen molar-refractivity contribution in [2.75, 3.05) is 0 Å². The molecule has 0 aromatic heterocycles. The summed E-state index contributed by atoms with van der Waals surface area (Å²) in [4.78, 5) is 0. The van der Waals surface area contributed by atoms with Crippen LogP contribution in [0.4, 0.5) is 0 Å². The van der Waals surface area contributed by atoms with Gasteiger partial charge in [0.15, 0.2) is 0 Å². The van der Waals surface area contributed by atoms with Gasteiger partial charge in [0.25, 0.3) is 0 Å². The molecule has 0 rings (SSSR count). The molecule has 0 aliphatic carbocycles. The van der Waals surface area contributed by atoms with E-state index in [-0.39, 0.29) is 12.4 Å². The van der Waals surface area contributed by atoms with Gasteiger partial charge in [-0.05, 0) is 0 Å². The fraction of sp³-hybridized carbons (Fsp3) is 0. The van der Waals surface area contributed by atoms with Crippen LogP contribution in [-0.2, 0) is 15.1 Å². The summed E-state index contributed by atoms with van der Waals surface area (Å²) in [6.07, 6.45) is 0. The Bertz CT molecular complexity index is 67.1. The normalized spacial score (nSPS) is 20.2. The Morgan fingerprint density at radius 3 is 0.625 bits per heavy atom. The molecule has 0 saturated heterocycles. The Kier molecular flexibility index (Phi) is 2.04. The predicted octanol–water partition coefficient (Wildman–Crippen LogP) is -3.12. The average Bonchev–Trinajstić information content (AvgIpc) is 0.592. The predicted molar refractivity (Wildman–Crippen MR) is 32.4 cm³/mol. The first kappa shape index (κ1) is 11.5. The number of rotatable bonds is 0. The standard InChI is InChI=1S/ClH.6H2N.Pt/h1H;6*1H2;/q;6*-1;+6. The van der Waals surface area contributed by atoms with Crippen LogP contribution in [0.1, 0.15) is 0 Å². The zero-order valence-electron chi connectivity index (χ0n) is 4.19. The molecule has 12 N–H and O–H groups in total. The monoisotopic (exact) mass is 327 g/mol. The summed E-state index contributed by atoms with van der Waals surface area (Å²) in [6.45, 7) is 0. The second-order valence-corrected chi connectivity index (χ2v) is 12.9. The van der Waals surface area contributed by atoms with E-state index in [0.29, 0.717) is 0 Å². The molecule has 0 aromatic carbocycles. The van der Waals surface area contributed by atoms with E-state index >= 15 is 0 Å². The fourth-order valence-electron chi connectivity index (χ4n) is 0. The number of nitrogens with two attached hydrogens (primary N) is 6. The molecule has 8 heteroatoms. The molecular formula is H13ClN6Pt.